The van der Waals surface area contributed by atoms with Gasteiger partial charge in [-0.3, -0.25) is 0 Å². The number of hydrogen-bond donors (Lipinski definition) is 0. The van der Waals surface area contributed by atoms with E-state index in [2.05, 4.69) is 32.4 Å². The molecule has 8 heteroatoms. The average molecular weight is 441 g/mol. The van der Waals surface area contributed by atoms with Gasteiger partial charge in [0.15, 0.2) is 23.0 Å². The summed E-state index contributed by atoms with van der Waals surface area (Å²) in [5.41, 5.74) is 3.12. The summed E-state index contributed by atoms with van der Waals surface area (Å²) in [5, 5.41) is 20.7. The van der Waals surface area contributed by atoms with E-state index in [9.17, 15) is 0 Å². The summed E-state index contributed by atoms with van der Waals surface area (Å²) in [6.07, 6.45) is 2.34. The molecule has 0 amide bonds. The minimum atomic E-state index is 0.299. The third kappa shape index (κ3) is 3.34. The highest BCUT2D eigenvalue weighted by molar-refractivity contribution is 6.00. The third-order valence-corrected chi connectivity index (χ3v) is 6.12. The minimum Gasteiger partial charge on any atom is -0.374 e. The van der Waals surface area contributed by atoms with Crippen LogP contribution in [-0.4, -0.2) is 44.7 Å². The largest absolute Gasteiger partial charge is 0.374 e. The van der Waals surface area contributed by atoms with E-state index in [1.165, 1.54) is 12.8 Å². The molecule has 2 aromatic carbocycles. The molecule has 33 heavy (non-hydrogen) atoms. The zero-order chi connectivity index (χ0) is 22.2. The summed E-state index contributed by atoms with van der Waals surface area (Å²) in [6, 6.07) is 18.2. The molecule has 1 saturated heterocycles. The lowest BCUT2D eigenvalue weighted by Gasteiger charge is -2.18. The minimum absolute atomic E-state index is 0.299. The van der Waals surface area contributed by atoms with Crippen molar-refractivity contribution in [3.63, 3.8) is 0 Å². The number of rotatable bonds is 6. The summed E-state index contributed by atoms with van der Waals surface area (Å²) in [4.78, 5) is 2.35. The van der Waals surface area contributed by atoms with Crippen LogP contribution in [-0.2, 0) is 11.3 Å². The molecule has 4 heterocycles. The summed E-state index contributed by atoms with van der Waals surface area (Å²) in [6.45, 7) is 4.82. The zero-order valence-electron chi connectivity index (χ0n) is 18.4. The number of nitrogens with zero attached hydrogens (tertiary/aromatic N) is 6. The van der Waals surface area contributed by atoms with Gasteiger partial charge < -0.3 is 14.2 Å². The standard InChI is InChI=1S/C25H24N6O2/c1-2-32-16-20-21(22(29-33-20)17-10-4-3-5-11-17)25-27-26-23-18-12-6-7-13-19(18)24(28-31(23)25)30-14-8-9-15-30/h3-7,10-13H,2,8-9,14-16H2,1H3. The Bertz CT molecular complexity index is 1420. The molecular weight excluding hydrogens is 416 g/mol. The van der Waals surface area contributed by atoms with Crippen LogP contribution in [0.1, 0.15) is 25.5 Å². The monoisotopic (exact) mass is 440 g/mol. The Morgan fingerprint density at radius 3 is 2.48 bits per heavy atom. The van der Waals surface area contributed by atoms with E-state index < -0.39 is 0 Å². The molecule has 166 valence electrons. The Balaban J connectivity index is 1.62. The molecular formula is C25H24N6O2. The second-order valence-electron chi connectivity index (χ2n) is 8.15. The molecule has 0 bridgehead atoms. The fourth-order valence-electron chi connectivity index (χ4n) is 4.52. The van der Waals surface area contributed by atoms with E-state index in [0.717, 1.165) is 40.8 Å². The molecule has 0 unspecified atom stereocenters. The van der Waals surface area contributed by atoms with E-state index in [1.807, 2.05) is 53.9 Å². The van der Waals surface area contributed by atoms with Gasteiger partial charge >= 0.3 is 0 Å². The van der Waals surface area contributed by atoms with Gasteiger partial charge in [0.1, 0.15) is 12.3 Å². The molecule has 0 saturated carbocycles. The van der Waals surface area contributed by atoms with Crippen LogP contribution in [0.15, 0.2) is 59.1 Å². The molecule has 6 rings (SSSR count). The van der Waals surface area contributed by atoms with E-state index >= 15 is 0 Å². The summed E-state index contributed by atoms with van der Waals surface area (Å²) in [7, 11) is 0. The van der Waals surface area contributed by atoms with Crippen molar-refractivity contribution in [2.75, 3.05) is 24.6 Å². The topological polar surface area (TPSA) is 81.6 Å². The van der Waals surface area contributed by atoms with E-state index in [1.54, 1.807) is 0 Å². The molecule has 0 atom stereocenters. The average Bonchev–Trinajstić information content (AvgIpc) is 3.62. The molecule has 8 nitrogen and oxygen atoms in total. The molecule has 0 radical (unpaired) electrons. The second-order valence-corrected chi connectivity index (χ2v) is 8.15. The van der Waals surface area contributed by atoms with Crippen molar-refractivity contribution in [2.24, 2.45) is 0 Å². The first kappa shape index (κ1) is 19.9. The molecule has 1 aliphatic rings. The molecule has 1 fully saturated rings. The van der Waals surface area contributed by atoms with Gasteiger partial charge in [-0.05, 0) is 19.8 Å². The summed E-state index contributed by atoms with van der Waals surface area (Å²) < 4.78 is 13.3. The quantitative estimate of drug-likeness (QED) is 0.377. The summed E-state index contributed by atoms with van der Waals surface area (Å²) in [5.74, 6) is 2.18. The van der Waals surface area contributed by atoms with Gasteiger partial charge in [-0.2, -0.15) is 4.52 Å². The van der Waals surface area contributed by atoms with Crippen molar-refractivity contribution in [1.82, 2.24) is 25.0 Å². The van der Waals surface area contributed by atoms with Crippen LogP contribution >= 0.6 is 0 Å². The number of benzene rings is 2. The Labute approximate surface area is 190 Å². The molecule has 1 aliphatic heterocycles. The molecule has 0 N–H and O–H groups in total. The van der Waals surface area contributed by atoms with Crippen molar-refractivity contribution in [2.45, 2.75) is 26.4 Å². The van der Waals surface area contributed by atoms with Gasteiger partial charge in [0.05, 0.1) is 5.56 Å². The fourth-order valence-corrected chi connectivity index (χ4v) is 4.52. The van der Waals surface area contributed by atoms with Crippen LogP contribution < -0.4 is 4.90 Å². The van der Waals surface area contributed by atoms with Gasteiger partial charge in [-0.25, -0.2) is 0 Å². The number of fused-ring (bicyclic) bond motifs is 3. The van der Waals surface area contributed by atoms with Crippen molar-refractivity contribution in [1.29, 1.82) is 0 Å². The van der Waals surface area contributed by atoms with Gasteiger partial charge in [-0.15, -0.1) is 15.3 Å². The van der Waals surface area contributed by atoms with Crippen molar-refractivity contribution >= 4 is 22.2 Å². The smallest absolute Gasteiger partial charge is 0.191 e. The maximum atomic E-state index is 5.75. The van der Waals surface area contributed by atoms with E-state index in [-0.39, 0.29) is 0 Å². The Hall–Kier alpha value is -3.78. The molecule has 0 spiro atoms. The number of anilines is 1. The van der Waals surface area contributed by atoms with Gasteiger partial charge in [-0.1, -0.05) is 59.8 Å². The zero-order valence-corrected chi connectivity index (χ0v) is 18.4. The lowest BCUT2D eigenvalue weighted by atomic mass is 10.1. The van der Waals surface area contributed by atoms with Gasteiger partial charge in [0.2, 0.25) is 0 Å². The molecule has 5 aromatic rings. The van der Waals surface area contributed by atoms with Crippen LogP contribution in [0.4, 0.5) is 5.82 Å². The predicted octanol–water partition coefficient (Wildman–Crippen LogP) is 4.74. The lowest BCUT2D eigenvalue weighted by Crippen LogP contribution is -2.20. The maximum Gasteiger partial charge on any atom is 0.191 e. The van der Waals surface area contributed by atoms with Gasteiger partial charge in [0.25, 0.3) is 0 Å². The molecule has 3 aromatic heterocycles. The Kier molecular flexibility index (Phi) is 4.99. The van der Waals surface area contributed by atoms with E-state index in [4.69, 9.17) is 14.4 Å². The molecule has 0 aliphatic carbocycles. The highest BCUT2D eigenvalue weighted by Crippen LogP contribution is 2.36. The fraction of sp³-hybridized carbons (Fsp3) is 0.280. The van der Waals surface area contributed by atoms with Crippen molar-refractivity contribution < 1.29 is 9.26 Å². The van der Waals surface area contributed by atoms with E-state index in [0.29, 0.717) is 36.1 Å². The SMILES string of the molecule is CCOCc1onc(-c2ccccc2)c1-c1nnc2c3ccccc3c(N3CCCC3)nn12. The maximum absolute atomic E-state index is 5.75. The first-order valence-electron chi connectivity index (χ1n) is 11.4. The summed E-state index contributed by atoms with van der Waals surface area (Å²) >= 11 is 0. The second kappa shape index (κ2) is 8.29. The first-order chi connectivity index (χ1) is 16.3. The van der Waals surface area contributed by atoms with Crippen LogP contribution in [0.25, 0.3) is 39.1 Å². The van der Waals surface area contributed by atoms with Crippen LogP contribution in [0.3, 0.4) is 0 Å². The van der Waals surface area contributed by atoms with Crippen molar-refractivity contribution in [3.05, 3.63) is 60.4 Å². The van der Waals surface area contributed by atoms with Crippen LogP contribution in [0.5, 0.6) is 0 Å². The first-order valence-corrected chi connectivity index (χ1v) is 11.4. The normalized spacial score (nSPS) is 14.0. The lowest BCUT2D eigenvalue weighted by molar-refractivity contribution is 0.113. The number of aromatic nitrogens is 5. The predicted molar refractivity (Wildman–Crippen MR) is 126 cm³/mol. The Morgan fingerprint density at radius 1 is 0.939 bits per heavy atom. The third-order valence-electron chi connectivity index (χ3n) is 6.12. The van der Waals surface area contributed by atoms with Crippen LogP contribution in [0.2, 0.25) is 0 Å². The highest BCUT2D eigenvalue weighted by Gasteiger charge is 2.27. The number of hydrogen-bond acceptors (Lipinski definition) is 7. The van der Waals surface area contributed by atoms with Crippen LogP contribution in [0, 0.1) is 0 Å². The van der Waals surface area contributed by atoms with Crippen molar-refractivity contribution in [3.8, 4) is 22.6 Å². The number of ether oxygens (including phenoxy) is 1. The Morgan fingerprint density at radius 2 is 1.70 bits per heavy atom. The highest BCUT2D eigenvalue weighted by atomic mass is 16.5. The van der Waals surface area contributed by atoms with Gasteiger partial charge in [0, 0.05) is 36.0 Å².